The molecular formula is C21H23N3O2. The van der Waals surface area contributed by atoms with E-state index in [1.807, 2.05) is 30.3 Å². The molecule has 0 aliphatic carbocycles. The monoisotopic (exact) mass is 349 g/mol. The molecule has 0 N–H and O–H groups in total. The lowest BCUT2D eigenvalue weighted by atomic mass is 10.0. The number of piperazine rings is 1. The molecule has 2 aromatic carbocycles. The Morgan fingerprint density at radius 1 is 0.808 bits per heavy atom. The van der Waals surface area contributed by atoms with E-state index in [0.29, 0.717) is 17.7 Å². The number of carbonyl (C=O) groups excluding carboxylic acids is 2. The van der Waals surface area contributed by atoms with Gasteiger partial charge < -0.3 is 4.90 Å². The van der Waals surface area contributed by atoms with Gasteiger partial charge in [0.25, 0.3) is 11.8 Å². The average molecular weight is 349 g/mol. The van der Waals surface area contributed by atoms with E-state index in [1.165, 1.54) is 4.90 Å². The molecule has 5 nitrogen and oxygen atoms in total. The van der Waals surface area contributed by atoms with E-state index in [9.17, 15) is 9.59 Å². The lowest BCUT2D eigenvalue weighted by Gasteiger charge is -2.39. The number of hydrogen-bond acceptors (Lipinski definition) is 4. The molecule has 0 aromatic heterocycles. The molecule has 2 amide bonds. The fourth-order valence-corrected chi connectivity index (χ4v) is 3.82. The fraction of sp³-hybridized carbons (Fsp3) is 0.333. The zero-order valence-electron chi connectivity index (χ0n) is 15.0. The van der Waals surface area contributed by atoms with Crippen molar-refractivity contribution in [2.75, 3.05) is 39.8 Å². The maximum absolute atomic E-state index is 12.8. The molecule has 0 radical (unpaired) electrons. The van der Waals surface area contributed by atoms with Crippen LogP contribution in [0.25, 0.3) is 0 Å². The standard InChI is InChI=1S/C21H23N3O2/c1-22-11-13-23(14-12-22)19(16-7-3-2-4-8-16)15-24-20(25)17-9-5-6-10-18(17)21(24)26/h2-10,19H,11-15H2,1H3. The molecule has 2 aromatic rings. The van der Waals surface area contributed by atoms with Crippen molar-refractivity contribution in [2.45, 2.75) is 6.04 Å². The lowest BCUT2D eigenvalue weighted by molar-refractivity contribution is 0.0533. The van der Waals surface area contributed by atoms with E-state index in [0.717, 1.165) is 31.7 Å². The number of hydrogen-bond donors (Lipinski definition) is 0. The summed E-state index contributed by atoms with van der Waals surface area (Å²) in [6.07, 6.45) is 0. The van der Waals surface area contributed by atoms with Crippen LogP contribution >= 0.6 is 0 Å². The average Bonchev–Trinajstić information content (AvgIpc) is 2.92. The fourth-order valence-electron chi connectivity index (χ4n) is 3.82. The number of benzene rings is 2. The summed E-state index contributed by atoms with van der Waals surface area (Å²) >= 11 is 0. The van der Waals surface area contributed by atoms with Gasteiger partial charge in [0.2, 0.25) is 0 Å². The summed E-state index contributed by atoms with van der Waals surface area (Å²) in [6, 6.07) is 17.3. The smallest absolute Gasteiger partial charge is 0.261 e. The van der Waals surface area contributed by atoms with Crippen molar-refractivity contribution in [3.63, 3.8) is 0 Å². The second-order valence-electron chi connectivity index (χ2n) is 7.03. The van der Waals surface area contributed by atoms with Gasteiger partial charge in [0, 0.05) is 32.7 Å². The molecule has 2 aliphatic heterocycles. The van der Waals surface area contributed by atoms with Crippen LogP contribution in [0.3, 0.4) is 0 Å². The van der Waals surface area contributed by atoms with Crippen molar-refractivity contribution >= 4 is 11.8 Å². The number of imide groups is 1. The van der Waals surface area contributed by atoms with Gasteiger partial charge in [-0.25, -0.2) is 0 Å². The molecule has 0 spiro atoms. The minimum atomic E-state index is -0.180. The molecule has 134 valence electrons. The van der Waals surface area contributed by atoms with Crippen molar-refractivity contribution in [1.29, 1.82) is 0 Å². The Morgan fingerprint density at radius 3 is 1.92 bits per heavy atom. The Labute approximate surface area is 153 Å². The Balaban J connectivity index is 1.62. The van der Waals surface area contributed by atoms with E-state index < -0.39 is 0 Å². The molecule has 1 saturated heterocycles. The highest BCUT2D eigenvalue weighted by atomic mass is 16.2. The van der Waals surface area contributed by atoms with Crippen LogP contribution in [0.4, 0.5) is 0 Å². The van der Waals surface area contributed by atoms with Crippen LogP contribution in [0.1, 0.15) is 32.3 Å². The lowest BCUT2D eigenvalue weighted by Crippen LogP contribution is -2.49. The van der Waals surface area contributed by atoms with Crippen molar-refractivity contribution in [1.82, 2.24) is 14.7 Å². The van der Waals surface area contributed by atoms with Gasteiger partial charge in [-0.3, -0.25) is 19.4 Å². The van der Waals surface area contributed by atoms with Crippen molar-refractivity contribution in [2.24, 2.45) is 0 Å². The number of fused-ring (bicyclic) bond motifs is 1. The van der Waals surface area contributed by atoms with Crippen molar-refractivity contribution < 1.29 is 9.59 Å². The molecule has 0 bridgehead atoms. The van der Waals surface area contributed by atoms with Crippen molar-refractivity contribution in [3.05, 3.63) is 71.3 Å². The van der Waals surface area contributed by atoms with E-state index in [2.05, 4.69) is 29.0 Å². The highest BCUT2D eigenvalue weighted by Crippen LogP contribution is 2.28. The first-order valence-electron chi connectivity index (χ1n) is 9.08. The molecule has 1 atom stereocenters. The molecule has 5 heteroatoms. The quantitative estimate of drug-likeness (QED) is 0.795. The third-order valence-electron chi connectivity index (χ3n) is 5.40. The summed E-state index contributed by atoms with van der Waals surface area (Å²) in [5.41, 5.74) is 2.18. The zero-order chi connectivity index (χ0) is 18.1. The summed E-state index contributed by atoms with van der Waals surface area (Å²) < 4.78 is 0. The van der Waals surface area contributed by atoms with Crippen LogP contribution in [0.15, 0.2) is 54.6 Å². The van der Waals surface area contributed by atoms with E-state index in [1.54, 1.807) is 12.1 Å². The molecule has 2 heterocycles. The van der Waals surface area contributed by atoms with Crippen molar-refractivity contribution in [3.8, 4) is 0 Å². The third-order valence-corrected chi connectivity index (χ3v) is 5.40. The summed E-state index contributed by atoms with van der Waals surface area (Å²) in [6.45, 7) is 4.23. The highest BCUT2D eigenvalue weighted by molar-refractivity contribution is 6.21. The number of amides is 2. The van der Waals surface area contributed by atoms with Gasteiger partial charge in [0.1, 0.15) is 0 Å². The Kier molecular flexibility index (Phi) is 4.57. The Bertz CT molecular complexity index is 778. The summed E-state index contributed by atoms with van der Waals surface area (Å²) in [5, 5.41) is 0. The Morgan fingerprint density at radius 2 is 1.35 bits per heavy atom. The second-order valence-corrected chi connectivity index (χ2v) is 7.03. The minimum Gasteiger partial charge on any atom is -0.304 e. The predicted molar refractivity (Wildman–Crippen MR) is 100 cm³/mol. The van der Waals surface area contributed by atoms with Gasteiger partial charge in [0.05, 0.1) is 17.2 Å². The SMILES string of the molecule is CN1CCN(C(CN2C(=O)c3ccccc3C2=O)c2ccccc2)CC1. The second kappa shape index (κ2) is 7.02. The van der Waals surface area contributed by atoms with Crippen LogP contribution in [0.2, 0.25) is 0 Å². The first-order valence-corrected chi connectivity index (χ1v) is 9.08. The van der Waals surface area contributed by atoms with Gasteiger partial charge in [-0.15, -0.1) is 0 Å². The number of carbonyl (C=O) groups is 2. The molecule has 1 fully saturated rings. The van der Waals surface area contributed by atoms with Crippen LogP contribution in [-0.2, 0) is 0 Å². The first kappa shape index (κ1) is 16.9. The molecule has 4 rings (SSSR count). The van der Waals surface area contributed by atoms with Crippen LogP contribution < -0.4 is 0 Å². The zero-order valence-corrected chi connectivity index (χ0v) is 15.0. The Hall–Kier alpha value is -2.50. The van der Waals surface area contributed by atoms with E-state index >= 15 is 0 Å². The molecule has 2 aliphatic rings. The number of rotatable bonds is 4. The van der Waals surface area contributed by atoms with Gasteiger partial charge in [-0.2, -0.15) is 0 Å². The highest BCUT2D eigenvalue weighted by Gasteiger charge is 2.38. The number of likely N-dealkylation sites (N-methyl/N-ethyl adjacent to an activating group) is 1. The van der Waals surface area contributed by atoms with Crippen LogP contribution in [0, 0.1) is 0 Å². The maximum Gasteiger partial charge on any atom is 0.261 e. The van der Waals surface area contributed by atoms with E-state index in [-0.39, 0.29) is 17.9 Å². The van der Waals surface area contributed by atoms with Gasteiger partial charge in [0.15, 0.2) is 0 Å². The topological polar surface area (TPSA) is 43.9 Å². The molecule has 1 unspecified atom stereocenters. The van der Waals surface area contributed by atoms with Gasteiger partial charge >= 0.3 is 0 Å². The van der Waals surface area contributed by atoms with E-state index in [4.69, 9.17) is 0 Å². The van der Waals surface area contributed by atoms with Gasteiger partial charge in [-0.1, -0.05) is 42.5 Å². The third kappa shape index (κ3) is 3.04. The normalized spacial score (nSPS) is 19.7. The minimum absolute atomic E-state index is 0.0205. The van der Waals surface area contributed by atoms with Gasteiger partial charge in [-0.05, 0) is 24.7 Å². The molecule has 0 saturated carbocycles. The molecule has 26 heavy (non-hydrogen) atoms. The number of nitrogens with zero attached hydrogens (tertiary/aromatic N) is 3. The maximum atomic E-state index is 12.8. The first-order chi connectivity index (χ1) is 12.6. The summed E-state index contributed by atoms with van der Waals surface area (Å²) in [5.74, 6) is -0.360. The largest absolute Gasteiger partial charge is 0.304 e. The summed E-state index contributed by atoms with van der Waals surface area (Å²) in [7, 11) is 2.12. The predicted octanol–water partition coefficient (Wildman–Crippen LogP) is 2.27. The molecular weight excluding hydrogens is 326 g/mol. The summed E-state index contributed by atoms with van der Waals surface area (Å²) in [4.78, 5) is 31.7. The van der Waals surface area contributed by atoms with Crippen LogP contribution in [0.5, 0.6) is 0 Å². The van der Waals surface area contributed by atoms with Crippen LogP contribution in [-0.4, -0.2) is 66.3 Å².